The summed E-state index contributed by atoms with van der Waals surface area (Å²) in [6, 6.07) is 9.72. The third-order valence-corrected chi connectivity index (χ3v) is 5.32. The number of carbonyl (C=O) groups is 1. The zero-order chi connectivity index (χ0) is 17.8. The lowest BCUT2D eigenvalue weighted by molar-refractivity contribution is -0.116. The van der Waals surface area contributed by atoms with Crippen molar-refractivity contribution in [3.8, 4) is 17.5 Å². The molecule has 25 heavy (non-hydrogen) atoms. The Morgan fingerprint density at radius 3 is 2.84 bits per heavy atom. The van der Waals surface area contributed by atoms with Crippen molar-refractivity contribution in [2.45, 2.75) is 25.0 Å². The number of ketones is 1. The molecule has 3 rings (SSSR count). The molecule has 0 saturated heterocycles. The van der Waals surface area contributed by atoms with Gasteiger partial charge in [0.05, 0.1) is 11.8 Å². The normalized spacial score (nSPS) is 11.9. The first-order chi connectivity index (χ1) is 12.1. The lowest BCUT2D eigenvalue weighted by Gasteiger charge is -2.03. The molecule has 6 nitrogen and oxygen atoms in total. The maximum absolute atomic E-state index is 12.3. The Morgan fingerprint density at radius 2 is 2.16 bits per heavy atom. The SMILES string of the molecule is Cc1csc([C@@H](C#N)C(=O)CSc2nnc(-c3ccccc3C)o2)n1. The van der Waals surface area contributed by atoms with E-state index in [1.165, 1.54) is 11.3 Å². The van der Waals surface area contributed by atoms with E-state index in [1.54, 1.807) is 0 Å². The van der Waals surface area contributed by atoms with Crippen LogP contribution < -0.4 is 0 Å². The summed E-state index contributed by atoms with van der Waals surface area (Å²) in [6.45, 7) is 3.79. The minimum Gasteiger partial charge on any atom is -0.411 e. The zero-order valence-electron chi connectivity index (χ0n) is 13.6. The second kappa shape index (κ2) is 7.59. The second-order valence-electron chi connectivity index (χ2n) is 5.33. The molecular weight excluding hydrogens is 356 g/mol. The molecule has 2 aromatic heterocycles. The summed E-state index contributed by atoms with van der Waals surface area (Å²) in [5.74, 6) is -0.588. The Kier molecular flexibility index (Phi) is 5.26. The molecule has 1 aromatic carbocycles. The number of carbonyl (C=O) groups excluding carboxylic acids is 1. The maximum atomic E-state index is 12.3. The van der Waals surface area contributed by atoms with Crippen LogP contribution >= 0.6 is 23.1 Å². The molecule has 3 aromatic rings. The maximum Gasteiger partial charge on any atom is 0.277 e. The number of nitriles is 1. The predicted molar refractivity (Wildman–Crippen MR) is 95.4 cm³/mol. The average molecular weight is 370 g/mol. The Morgan fingerprint density at radius 1 is 1.36 bits per heavy atom. The Bertz CT molecular complexity index is 942. The van der Waals surface area contributed by atoms with Gasteiger partial charge in [-0.1, -0.05) is 30.0 Å². The van der Waals surface area contributed by atoms with Crippen LogP contribution in [0.2, 0.25) is 0 Å². The number of rotatable bonds is 6. The van der Waals surface area contributed by atoms with Gasteiger partial charge >= 0.3 is 0 Å². The summed E-state index contributed by atoms with van der Waals surface area (Å²) in [6.07, 6.45) is 0. The lowest BCUT2D eigenvalue weighted by Crippen LogP contribution is -2.13. The number of benzene rings is 1. The summed E-state index contributed by atoms with van der Waals surface area (Å²) >= 11 is 2.45. The lowest BCUT2D eigenvalue weighted by atomic mass is 10.1. The molecule has 0 fully saturated rings. The molecule has 0 spiro atoms. The largest absolute Gasteiger partial charge is 0.411 e. The molecule has 0 radical (unpaired) electrons. The highest BCUT2D eigenvalue weighted by molar-refractivity contribution is 7.99. The van der Waals surface area contributed by atoms with Gasteiger partial charge in [-0.05, 0) is 25.5 Å². The number of nitrogens with zero attached hydrogens (tertiary/aromatic N) is 4. The van der Waals surface area contributed by atoms with Gasteiger partial charge in [0.2, 0.25) is 5.89 Å². The third-order valence-electron chi connectivity index (χ3n) is 3.45. The summed E-state index contributed by atoms with van der Waals surface area (Å²) in [4.78, 5) is 16.5. The number of hydrogen-bond donors (Lipinski definition) is 0. The van der Waals surface area contributed by atoms with E-state index in [0.717, 1.165) is 28.6 Å². The Labute approximate surface area is 152 Å². The van der Waals surface area contributed by atoms with Crippen LogP contribution in [-0.4, -0.2) is 26.7 Å². The van der Waals surface area contributed by atoms with Gasteiger partial charge < -0.3 is 4.42 Å². The molecule has 0 aliphatic heterocycles. The van der Waals surface area contributed by atoms with Crippen LogP contribution in [0.25, 0.3) is 11.5 Å². The minimum atomic E-state index is -0.857. The molecule has 0 aliphatic rings. The highest BCUT2D eigenvalue weighted by Crippen LogP contribution is 2.27. The van der Waals surface area contributed by atoms with Crippen molar-refractivity contribution >= 4 is 28.9 Å². The van der Waals surface area contributed by atoms with Crippen LogP contribution in [0.15, 0.2) is 39.3 Å². The van der Waals surface area contributed by atoms with Crippen LogP contribution in [0.3, 0.4) is 0 Å². The van der Waals surface area contributed by atoms with Crippen LogP contribution in [0, 0.1) is 25.2 Å². The van der Waals surface area contributed by atoms with Crippen molar-refractivity contribution < 1.29 is 9.21 Å². The first-order valence-corrected chi connectivity index (χ1v) is 9.31. The smallest absolute Gasteiger partial charge is 0.277 e. The molecule has 0 amide bonds. The minimum absolute atomic E-state index is 0.0757. The summed E-state index contributed by atoms with van der Waals surface area (Å²) in [5.41, 5.74) is 2.70. The molecule has 0 bridgehead atoms. The van der Waals surface area contributed by atoms with Crippen LogP contribution in [-0.2, 0) is 4.79 Å². The van der Waals surface area contributed by atoms with E-state index >= 15 is 0 Å². The molecule has 2 heterocycles. The molecule has 0 aliphatic carbocycles. The number of aromatic nitrogens is 3. The van der Waals surface area contributed by atoms with E-state index < -0.39 is 5.92 Å². The Hall–Kier alpha value is -2.50. The van der Waals surface area contributed by atoms with Crippen molar-refractivity contribution in [1.29, 1.82) is 5.26 Å². The quantitative estimate of drug-likeness (QED) is 0.610. The highest BCUT2D eigenvalue weighted by Gasteiger charge is 2.24. The summed E-state index contributed by atoms with van der Waals surface area (Å²) < 4.78 is 5.62. The Balaban J connectivity index is 1.67. The summed E-state index contributed by atoms with van der Waals surface area (Å²) in [5, 5.41) is 19.9. The third kappa shape index (κ3) is 3.95. The van der Waals surface area contributed by atoms with Gasteiger partial charge in [-0.2, -0.15) is 5.26 Å². The van der Waals surface area contributed by atoms with Gasteiger partial charge in [0.1, 0.15) is 5.01 Å². The van der Waals surface area contributed by atoms with Gasteiger partial charge in [0.25, 0.3) is 5.22 Å². The van der Waals surface area contributed by atoms with Gasteiger partial charge in [-0.25, -0.2) is 4.98 Å². The molecular formula is C17H14N4O2S2. The molecule has 8 heteroatoms. The fourth-order valence-electron chi connectivity index (χ4n) is 2.18. The van der Waals surface area contributed by atoms with Crippen LogP contribution in [0.5, 0.6) is 0 Å². The van der Waals surface area contributed by atoms with Crippen molar-refractivity contribution in [3.05, 3.63) is 45.9 Å². The summed E-state index contributed by atoms with van der Waals surface area (Å²) in [7, 11) is 0. The van der Waals surface area contributed by atoms with E-state index in [2.05, 4.69) is 15.2 Å². The number of aryl methyl sites for hydroxylation is 2. The number of thiazole rings is 1. The molecule has 126 valence electrons. The van der Waals surface area contributed by atoms with E-state index in [9.17, 15) is 10.1 Å². The van der Waals surface area contributed by atoms with E-state index in [1.807, 2.05) is 49.6 Å². The number of thioether (sulfide) groups is 1. The first-order valence-electron chi connectivity index (χ1n) is 7.45. The molecule has 0 N–H and O–H groups in total. The van der Waals surface area contributed by atoms with Crippen molar-refractivity contribution in [2.75, 3.05) is 5.75 Å². The fraction of sp³-hybridized carbons (Fsp3) is 0.235. The van der Waals surface area contributed by atoms with Crippen LogP contribution in [0.4, 0.5) is 0 Å². The van der Waals surface area contributed by atoms with Gasteiger partial charge in [-0.3, -0.25) is 4.79 Å². The number of hydrogen-bond acceptors (Lipinski definition) is 8. The average Bonchev–Trinajstić information content (AvgIpc) is 3.23. The van der Waals surface area contributed by atoms with Crippen LogP contribution in [0.1, 0.15) is 22.2 Å². The zero-order valence-corrected chi connectivity index (χ0v) is 15.2. The monoisotopic (exact) mass is 370 g/mol. The first kappa shape index (κ1) is 17.3. The molecule has 1 atom stereocenters. The molecule has 0 unspecified atom stereocenters. The standard InChI is InChI=1S/C17H14N4O2S2/c1-10-5-3-4-6-12(10)15-20-21-17(23-15)25-9-14(22)13(7-18)16-19-11(2)8-24-16/h3-6,8,13H,9H2,1-2H3/t13-/m0/s1. The van der Waals surface area contributed by atoms with Crippen molar-refractivity contribution in [3.63, 3.8) is 0 Å². The van der Waals surface area contributed by atoms with E-state index in [4.69, 9.17) is 4.42 Å². The topological polar surface area (TPSA) is 92.7 Å². The number of Topliss-reactive ketones (excluding diaryl/α,β-unsaturated/α-hetero) is 1. The van der Waals surface area contributed by atoms with Crippen molar-refractivity contribution in [2.24, 2.45) is 0 Å². The van der Waals surface area contributed by atoms with E-state index in [-0.39, 0.29) is 11.5 Å². The van der Waals surface area contributed by atoms with Gasteiger partial charge in [0, 0.05) is 16.6 Å². The predicted octanol–water partition coefficient (Wildman–Crippen LogP) is 3.78. The molecule has 0 saturated carbocycles. The van der Waals surface area contributed by atoms with Gasteiger partial charge in [0.15, 0.2) is 11.7 Å². The van der Waals surface area contributed by atoms with Crippen molar-refractivity contribution in [1.82, 2.24) is 15.2 Å². The second-order valence-corrected chi connectivity index (χ2v) is 7.15. The van der Waals surface area contributed by atoms with Gasteiger partial charge in [-0.15, -0.1) is 21.5 Å². The highest BCUT2D eigenvalue weighted by atomic mass is 32.2. The van der Waals surface area contributed by atoms with E-state index in [0.29, 0.717) is 16.1 Å². The fourth-order valence-corrected chi connectivity index (χ4v) is 3.71.